The first-order valence-electron chi connectivity index (χ1n) is 4.47. The molecule has 1 unspecified atom stereocenters. The molecule has 0 aromatic heterocycles. The lowest BCUT2D eigenvalue weighted by Gasteiger charge is -2.08. The molecule has 1 atom stereocenters. The highest BCUT2D eigenvalue weighted by Crippen LogP contribution is 2.01. The Morgan fingerprint density at radius 3 is 2.42 bits per heavy atom. The number of nitrogens with two attached hydrogens (primary N) is 1. The summed E-state index contributed by atoms with van der Waals surface area (Å²) in [6, 6.07) is 0.178. The van der Waals surface area contributed by atoms with Crippen molar-refractivity contribution in [2.24, 2.45) is 5.73 Å². The lowest BCUT2D eigenvalue weighted by atomic mass is 10.1. The van der Waals surface area contributed by atoms with Gasteiger partial charge in [0.2, 0.25) is 0 Å². The van der Waals surface area contributed by atoms with E-state index in [2.05, 4.69) is 0 Å². The molecular weight excluding hydrogens is 154 g/mol. The average molecular weight is 173 g/mol. The molecule has 12 heavy (non-hydrogen) atoms. The van der Waals surface area contributed by atoms with Crippen molar-refractivity contribution >= 4 is 5.97 Å². The Hall–Kier alpha value is -0.570. The van der Waals surface area contributed by atoms with Crippen molar-refractivity contribution in [2.75, 3.05) is 0 Å². The Balaban J connectivity index is 3.32. The van der Waals surface area contributed by atoms with Crippen LogP contribution in [0.2, 0.25) is 0 Å². The van der Waals surface area contributed by atoms with Crippen LogP contribution in [0.5, 0.6) is 0 Å². The molecule has 0 spiro atoms. The summed E-state index contributed by atoms with van der Waals surface area (Å²) in [6.07, 6.45) is 2.18. The predicted octanol–water partition coefficient (Wildman–Crippen LogP) is 1.46. The van der Waals surface area contributed by atoms with Crippen LogP contribution in [0.4, 0.5) is 0 Å². The third-order valence-electron chi connectivity index (χ3n) is 1.41. The van der Waals surface area contributed by atoms with Gasteiger partial charge < -0.3 is 10.5 Å². The quantitative estimate of drug-likeness (QED) is 0.640. The molecule has 0 rings (SSSR count). The summed E-state index contributed by atoms with van der Waals surface area (Å²) in [5, 5.41) is 0. The summed E-state index contributed by atoms with van der Waals surface area (Å²) in [6.45, 7) is 5.64. The topological polar surface area (TPSA) is 52.3 Å². The summed E-state index contributed by atoms with van der Waals surface area (Å²) in [4.78, 5) is 11.0. The largest absolute Gasteiger partial charge is 0.463 e. The van der Waals surface area contributed by atoms with E-state index in [4.69, 9.17) is 10.5 Å². The average Bonchev–Trinajstić information content (AvgIpc) is 1.84. The maximum Gasteiger partial charge on any atom is 0.306 e. The Morgan fingerprint density at radius 2 is 2.00 bits per heavy atom. The normalized spacial score (nSPS) is 13.1. The molecule has 0 aromatic carbocycles. The van der Waals surface area contributed by atoms with Gasteiger partial charge in [0.1, 0.15) is 0 Å². The summed E-state index contributed by atoms with van der Waals surface area (Å²) < 4.78 is 4.95. The summed E-state index contributed by atoms with van der Waals surface area (Å²) in [5.74, 6) is -0.120. The van der Waals surface area contributed by atoms with Gasteiger partial charge in [0.05, 0.1) is 6.10 Å². The number of esters is 1. The molecule has 0 amide bonds. The van der Waals surface area contributed by atoms with Crippen LogP contribution in [-0.2, 0) is 9.53 Å². The van der Waals surface area contributed by atoms with Gasteiger partial charge in [-0.3, -0.25) is 4.79 Å². The lowest BCUT2D eigenvalue weighted by Crippen LogP contribution is -2.16. The maximum atomic E-state index is 11.0. The van der Waals surface area contributed by atoms with Crippen LogP contribution < -0.4 is 5.73 Å². The first-order valence-corrected chi connectivity index (χ1v) is 4.47. The highest BCUT2D eigenvalue weighted by molar-refractivity contribution is 5.69. The molecule has 0 aliphatic rings. The van der Waals surface area contributed by atoms with Crippen LogP contribution in [0.1, 0.15) is 40.0 Å². The third-order valence-corrected chi connectivity index (χ3v) is 1.41. The fraction of sp³-hybridized carbons (Fsp3) is 0.889. The minimum absolute atomic E-state index is 0.00667. The van der Waals surface area contributed by atoms with E-state index in [-0.39, 0.29) is 18.1 Å². The zero-order valence-electron chi connectivity index (χ0n) is 8.17. The van der Waals surface area contributed by atoms with E-state index in [1.165, 1.54) is 0 Å². The third kappa shape index (κ3) is 7.54. The zero-order chi connectivity index (χ0) is 9.56. The van der Waals surface area contributed by atoms with E-state index < -0.39 is 0 Å². The molecule has 3 nitrogen and oxygen atoms in total. The van der Waals surface area contributed by atoms with Gasteiger partial charge >= 0.3 is 5.97 Å². The van der Waals surface area contributed by atoms with Crippen LogP contribution in [0.15, 0.2) is 0 Å². The monoisotopic (exact) mass is 173 g/mol. The van der Waals surface area contributed by atoms with Crippen LogP contribution in [0.3, 0.4) is 0 Å². The summed E-state index contributed by atoms with van der Waals surface area (Å²) >= 11 is 0. The number of carbonyl (C=O) groups is 1. The van der Waals surface area contributed by atoms with E-state index >= 15 is 0 Å². The molecule has 0 aliphatic carbocycles. The summed E-state index contributed by atoms with van der Waals surface area (Å²) in [5.41, 5.74) is 5.53. The number of rotatable bonds is 5. The van der Waals surface area contributed by atoms with Crippen molar-refractivity contribution in [3.8, 4) is 0 Å². The van der Waals surface area contributed by atoms with Crippen molar-refractivity contribution in [1.82, 2.24) is 0 Å². The zero-order valence-corrected chi connectivity index (χ0v) is 8.17. The fourth-order valence-electron chi connectivity index (χ4n) is 0.890. The fourth-order valence-corrected chi connectivity index (χ4v) is 0.890. The van der Waals surface area contributed by atoms with Crippen molar-refractivity contribution in [3.63, 3.8) is 0 Å². The highest BCUT2D eigenvalue weighted by Gasteiger charge is 2.05. The van der Waals surface area contributed by atoms with Gasteiger partial charge in [-0.2, -0.15) is 0 Å². The van der Waals surface area contributed by atoms with Crippen LogP contribution >= 0.6 is 0 Å². The molecule has 0 fully saturated rings. The predicted molar refractivity (Wildman–Crippen MR) is 48.7 cm³/mol. The van der Waals surface area contributed by atoms with Crippen LogP contribution in [0, 0.1) is 0 Å². The molecule has 72 valence electrons. The van der Waals surface area contributed by atoms with Gasteiger partial charge in [0.25, 0.3) is 0 Å². The lowest BCUT2D eigenvalue weighted by molar-refractivity contribution is -0.147. The maximum absolute atomic E-state index is 11.0. The second-order valence-electron chi connectivity index (χ2n) is 3.41. The van der Waals surface area contributed by atoms with Crippen molar-refractivity contribution < 1.29 is 9.53 Å². The van der Waals surface area contributed by atoms with E-state index in [9.17, 15) is 4.79 Å². The molecule has 0 radical (unpaired) electrons. The molecule has 0 aliphatic heterocycles. The molecule has 0 saturated carbocycles. The number of ether oxygens (including phenoxy) is 1. The first-order chi connectivity index (χ1) is 5.52. The number of hydrogen-bond donors (Lipinski definition) is 1. The van der Waals surface area contributed by atoms with Crippen molar-refractivity contribution in [2.45, 2.75) is 52.2 Å². The molecule has 3 heteroatoms. The van der Waals surface area contributed by atoms with E-state index in [1.807, 2.05) is 20.8 Å². The minimum atomic E-state index is -0.120. The van der Waals surface area contributed by atoms with Gasteiger partial charge in [-0.1, -0.05) is 0 Å². The minimum Gasteiger partial charge on any atom is -0.463 e. The molecule has 0 bridgehead atoms. The molecule has 0 saturated heterocycles. The summed E-state index contributed by atoms with van der Waals surface area (Å²) in [7, 11) is 0. The Bertz CT molecular complexity index is 132. The highest BCUT2D eigenvalue weighted by atomic mass is 16.5. The van der Waals surface area contributed by atoms with Gasteiger partial charge in [0.15, 0.2) is 0 Å². The second-order valence-corrected chi connectivity index (χ2v) is 3.41. The second kappa shape index (κ2) is 6.00. The van der Waals surface area contributed by atoms with Crippen LogP contribution in [0.25, 0.3) is 0 Å². The van der Waals surface area contributed by atoms with Gasteiger partial charge in [-0.15, -0.1) is 0 Å². The van der Waals surface area contributed by atoms with E-state index in [0.29, 0.717) is 6.42 Å². The van der Waals surface area contributed by atoms with E-state index in [1.54, 1.807) is 0 Å². The van der Waals surface area contributed by atoms with Gasteiger partial charge in [0, 0.05) is 12.5 Å². The van der Waals surface area contributed by atoms with E-state index in [0.717, 1.165) is 12.8 Å². The molecule has 0 aromatic rings. The standard InChI is InChI=1S/C9H19NO2/c1-7(2)12-9(11)6-4-5-8(3)10/h7-8H,4-6,10H2,1-3H3. The smallest absolute Gasteiger partial charge is 0.306 e. The van der Waals surface area contributed by atoms with Gasteiger partial charge in [-0.25, -0.2) is 0 Å². The molecular formula is C9H19NO2. The number of carbonyl (C=O) groups excluding carboxylic acids is 1. The van der Waals surface area contributed by atoms with Crippen molar-refractivity contribution in [1.29, 1.82) is 0 Å². The van der Waals surface area contributed by atoms with Crippen LogP contribution in [-0.4, -0.2) is 18.1 Å². The Labute approximate surface area is 74.3 Å². The molecule has 0 heterocycles. The Morgan fingerprint density at radius 1 is 1.42 bits per heavy atom. The van der Waals surface area contributed by atoms with Gasteiger partial charge in [-0.05, 0) is 33.6 Å². The SMILES string of the molecule is CC(N)CCCC(=O)OC(C)C. The Kier molecular flexibility index (Phi) is 5.72. The number of hydrogen-bond acceptors (Lipinski definition) is 3. The molecule has 2 N–H and O–H groups in total. The van der Waals surface area contributed by atoms with Crippen molar-refractivity contribution in [3.05, 3.63) is 0 Å². The first kappa shape index (κ1) is 11.4.